The van der Waals surface area contributed by atoms with Crippen molar-refractivity contribution < 1.29 is 9.53 Å². The third-order valence-corrected chi connectivity index (χ3v) is 5.38. The highest BCUT2D eigenvalue weighted by molar-refractivity contribution is 5.77. The largest absolute Gasteiger partial charge is 0.461 e. The van der Waals surface area contributed by atoms with Crippen LogP contribution in [0, 0.1) is 6.92 Å². The second kappa shape index (κ2) is 6.41. The minimum absolute atomic E-state index is 0.0470. The molecule has 0 spiro atoms. The molecule has 2 aliphatic rings. The molecule has 3 heteroatoms. The first-order valence-corrected chi connectivity index (χ1v) is 8.61. The molecule has 0 bridgehead atoms. The van der Waals surface area contributed by atoms with Gasteiger partial charge in [-0.15, -0.1) is 0 Å². The van der Waals surface area contributed by atoms with Gasteiger partial charge < -0.3 is 10.1 Å². The zero-order valence-electron chi connectivity index (χ0n) is 13.7. The molecule has 1 aromatic rings. The van der Waals surface area contributed by atoms with Crippen molar-refractivity contribution in [3.8, 4) is 0 Å². The molecule has 22 heavy (non-hydrogen) atoms. The maximum Gasteiger partial charge on any atom is 0.323 e. The topological polar surface area (TPSA) is 38.3 Å². The monoisotopic (exact) mass is 301 g/mol. The van der Waals surface area contributed by atoms with Gasteiger partial charge in [-0.2, -0.15) is 0 Å². The number of cyclic esters (lactones) is 1. The zero-order chi connectivity index (χ0) is 15.6. The summed E-state index contributed by atoms with van der Waals surface area (Å²) >= 11 is 0. The molecule has 1 aromatic carbocycles. The van der Waals surface area contributed by atoms with E-state index in [1.807, 2.05) is 6.92 Å². The molecule has 1 aliphatic carbocycles. The summed E-state index contributed by atoms with van der Waals surface area (Å²) in [6.07, 6.45) is 7.15. The van der Waals surface area contributed by atoms with E-state index in [4.69, 9.17) is 4.74 Å². The van der Waals surface area contributed by atoms with E-state index in [9.17, 15) is 4.79 Å². The SMILES string of the molecule is Cc1ccccc1C1(CN[C@H]2C[C@H](C)OC2=O)CCCCC1. The molecule has 3 rings (SSSR count). The highest BCUT2D eigenvalue weighted by Gasteiger charge is 2.38. The van der Waals surface area contributed by atoms with Crippen molar-refractivity contribution in [3.05, 3.63) is 35.4 Å². The zero-order valence-corrected chi connectivity index (χ0v) is 13.7. The Labute approximate surface area is 133 Å². The molecule has 3 nitrogen and oxygen atoms in total. The van der Waals surface area contributed by atoms with Gasteiger partial charge in [-0.05, 0) is 37.8 Å². The predicted molar refractivity (Wildman–Crippen MR) is 87.9 cm³/mol. The number of ether oxygens (including phenoxy) is 1. The lowest BCUT2D eigenvalue weighted by atomic mass is 9.68. The first kappa shape index (κ1) is 15.5. The van der Waals surface area contributed by atoms with E-state index in [0.717, 1.165) is 13.0 Å². The Hall–Kier alpha value is -1.35. The fourth-order valence-electron chi connectivity index (χ4n) is 4.18. The normalized spacial score (nSPS) is 27.6. The second-order valence-electron chi connectivity index (χ2n) is 7.07. The van der Waals surface area contributed by atoms with Crippen LogP contribution in [0.1, 0.15) is 56.6 Å². The Morgan fingerprint density at radius 3 is 2.59 bits per heavy atom. The highest BCUT2D eigenvalue weighted by atomic mass is 16.6. The Balaban J connectivity index is 1.78. The Bertz CT molecular complexity index is 534. The fraction of sp³-hybridized carbons (Fsp3) is 0.632. The summed E-state index contributed by atoms with van der Waals surface area (Å²) in [5.74, 6) is -0.0803. The van der Waals surface area contributed by atoms with Crippen molar-refractivity contribution >= 4 is 5.97 Å². The van der Waals surface area contributed by atoms with E-state index in [2.05, 4.69) is 36.5 Å². The van der Waals surface area contributed by atoms with Crippen molar-refractivity contribution in [2.24, 2.45) is 0 Å². The number of aryl methyl sites for hydroxylation is 1. The number of benzene rings is 1. The molecule has 1 saturated carbocycles. The molecule has 120 valence electrons. The maximum atomic E-state index is 11.9. The van der Waals surface area contributed by atoms with Gasteiger partial charge in [0.2, 0.25) is 0 Å². The molecule has 0 radical (unpaired) electrons. The van der Waals surface area contributed by atoms with Gasteiger partial charge in [0.25, 0.3) is 0 Å². The average Bonchev–Trinajstić information content (AvgIpc) is 2.84. The molecule has 1 aliphatic heterocycles. The van der Waals surface area contributed by atoms with E-state index in [-0.39, 0.29) is 23.5 Å². The smallest absolute Gasteiger partial charge is 0.323 e. The molecule has 0 aromatic heterocycles. The van der Waals surface area contributed by atoms with Crippen LogP contribution in [-0.2, 0) is 14.9 Å². The molecule has 1 N–H and O–H groups in total. The molecular weight excluding hydrogens is 274 g/mol. The second-order valence-corrected chi connectivity index (χ2v) is 7.07. The number of hydrogen-bond donors (Lipinski definition) is 1. The Morgan fingerprint density at radius 1 is 1.23 bits per heavy atom. The lowest BCUT2D eigenvalue weighted by Gasteiger charge is -2.39. The van der Waals surface area contributed by atoms with Crippen LogP contribution in [0.3, 0.4) is 0 Å². The van der Waals surface area contributed by atoms with Crippen LogP contribution in [0.5, 0.6) is 0 Å². The van der Waals surface area contributed by atoms with Crippen molar-refractivity contribution in [2.45, 2.75) is 69.9 Å². The average molecular weight is 301 g/mol. The van der Waals surface area contributed by atoms with E-state index in [0.29, 0.717) is 0 Å². The summed E-state index contributed by atoms with van der Waals surface area (Å²) in [5, 5.41) is 3.52. The number of carbonyl (C=O) groups is 1. The first-order chi connectivity index (χ1) is 10.6. The van der Waals surface area contributed by atoms with Crippen LogP contribution in [-0.4, -0.2) is 24.7 Å². The van der Waals surface area contributed by atoms with E-state index >= 15 is 0 Å². The summed E-state index contributed by atoms with van der Waals surface area (Å²) < 4.78 is 5.27. The summed E-state index contributed by atoms with van der Waals surface area (Å²) in [4.78, 5) is 11.9. The van der Waals surface area contributed by atoms with Crippen LogP contribution in [0.15, 0.2) is 24.3 Å². The van der Waals surface area contributed by atoms with Gasteiger partial charge in [0.15, 0.2) is 0 Å². The lowest BCUT2D eigenvalue weighted by molar-refractivity contribution is -0.142. The fourth-order valence-corrected chi connectivity index (χ4v) is 4.18. The molecule has 1 saturated heterocycles. The first-order valence-electron chi connectivity index (χ1n) is 8.61. The van der Waals surface area contributed by atoms with Crippen LogP contribution < -0.4 is 5.32 Å². The lowest BCUT2D eigenvalue weighted by Crippen LogP contribution is -2.45. The van der Waals surface area contributed by atoms with Gasteiger partial charge in [0.1, 0.15) is 12.1 Å². The third-order valence-electron chi connectivity index (χ3n) is 5.38. The van der Waals surface area contributed by atoms with E-state index < -0.39 is 0 Å². The summed E-state index contributed by atoms with van der Waals surface area (Å²) in [6.45, 7) is 5.05. The number of carbonyl (C=O) groups excluding carboxylic acids is 1. The third kappa shape index (κ3) is 3.05. The quantitative estimate of drug-likeness (QED) is 0.865. The predicted octanol–water partition coefficient (Wildman–Crippen LogP) is 3.49. The Kier molecular flexibility index (Phi) is 4.53. The van der Waals surface area contributed by atoms with Gasteiger partial charge in [0.05, 0.1) is 0 Å². The van der Waals surface area contributed by atoms with Crippen molar-refractivity contribution in [2.75, 3.05) is 6.54 Å². The van der Waals surface area contributed by atoms with Crippen LogP contribution >= 0.6 is 0 Å². The number of esters is 1. The molecule has 1 heterocycles. The maximum absolute atomic E-state index is 11.9. The van der Waals surface area contributed by atoms with E-state index in [1.54, 1.807) is 0 Å². The van der Waals surface area contributed by atoms with Crippen LogP contribution in [0.25, 0.3) is 0 Å². The van der Waals surface area contributed by atoms with Crippen molar-refractivity contribution in [3.63, 3.8) is 0 Å². The molecule has 0 amide bonds. The summed E-state index contributed by atoms with van der Waals surface area (Å²) in [6, 6.07) is 8.61. The standard InChI is InChI=1S/C19H27NO2/c1-14-8-4-5-9-16(14)19(10-6-3-7-11-19)13-20-17-12-15(2)22-18(17)21/h4-5,8-9,15,17,20H,3,6-7,10-13H2,1-2H3/t15-,17-/m0/s1. The van der Waals surface area contributed by atoms with Crippen LogP contribution in [0.4, 0.5) is 0 Å². The van der Waals surface area contributed by atoms with Gasteiger partial charge >= 0.3 is 5.97 Å². The minimum Gasteiger partial charge on any atom is -0.461 e. The van der Waals surface area contributed by atoms with E-state index in [1.165, 1.54) is 43.2 Å². The van der Waals surface area contributed by atoms with Crippen molar-refractivity contribution in [1.29, 1.82) is 0 Å². The molecule has 0 unspecified atom stereocenters. The van der Waals surface area contributed by atoms with Gasteiger partial charge in [0, 0.05) is 18.4 Å². The van der Waals surface area contributed by atoms with Crippen molar-refractivity contribution in [1.82, 2.24) is 5.32 Å². The minimum atomic E-state index is -0.127. The van der Waals surface area contributed by atoms with Gasteiger partial charge in [-0.25, -0.2) is 0 Å². The number of nitrogens with one attached hydrogen (secondary N) is 1. The highest BCUT2D eigenvalue weighted by Crippen LogP contribution is 2.40. The summed E-state index contributed by atoms with van der Waals surface area (Å²) in [5.41, 5.74) is 3.01. The number of rotatable bonds is 4. The molecular formula is C19H27NO2. The van der Waals surface area contributed by atoms with Gasteiger partial charge in [-0.3, -0.25) is 4.79 Å². The Morgan fingerprint density at radius 2 is 1.95 bits per heavy atom. The van der Waals surface area contributed by atoms with Crippen LogP contribution in [0.2, 0.25) is 0 Å². The number of hydrogen-bond acceptors (Lipinski definition) is 3. The van der Waals surface area contributed by atoms with Gasteiger partial charge in [-0.1, -0.05) is 43.5 Å². The summed E-state index contributed by atoms with van der Waals surface area (Å²) in [7, 11) is 0. The molecule has 2 fully saturated rings. The molecule has 2 atom stereocenters.